The molecule has 0 N–H and O–H groups in total. The molecule has 0 unspecified atom stereocenters. The first kappa shape index (κ1) is 15.8. The van der Waals surface area contributed by atoms with Gasteiger partial charge in [-0.3, -0.25) is 4.79 Å². The smallest absolute Gasteiger partial charge is 0.289 e. The lowest BCUT2D eigenvalue weighted by Gasteiger charge is -2.09. The maximum Gasteiger partial charge on any atom is 0.419 e. The average molecular weight is 337 g/mol. The topological polar surface area (TPSA) is 17.1 Å². The molecule has 0 aliphatic rings. The first-order valence-corrected chi connectivity index (χ1v) is 6.32. The van der Waals surface area contributed by atoms with Gasteiger partial charge >= 0.3 is 6.18 Å². The maximum atomic E-state index is 13.5. The largest absolute Gasteiger partial charge is 0.419 e. The molecule has 0 spiro atoms. The van der Waals surface area contributed by atoms with Crippen LogP contribution in [0.4, 0.5) is 17.6 Å². The third-order valence-corrected chi connectivity index (χ3v) is 3.27. The predicted octanol–water partition coefficient (Wildman–Crippen LogP) is 5.38. The Bertz CT molecular complexity index is 711. The average Bonchev–Trinajstić information content (AvgIpc) is 2.39. The molecule has 0 aromatic heterocycles. The normalized spacial score (nSPS) is 11.5. The van der Waals surface area contributed by atoms with Crippen molar-refractivity contribution in [3.63, 3.8) is 0 Å². The molecule has 0 saturated carbocycles. The molecule has 0 aliphatic heterocycles. The second-order valence-electron chi connectivity index (χ2n) is 4.15. The summed E-state index contributed by atoms with van der Waals surface area (Å²) in [6.07, 6.45) is -4.82. The van der Waals surface area contributed by atoms with E-state index in [0.717, 1.165) is 6.07 Å². The van der Waals surface area contributed by atoms with Crippen molar-refractivity contribution in [3.8, 4) is 0 Å². The summed E-state index contributed by atoms with van der Waals surface area (Å²) in [5, 5.41) is 0.305. The fourth-order valence-corrected chi connectivity index (χ4v) is 2.09. The van der Waals surface area contributed by atoms with E-state index in [1.165, 1.54) is 18.2 Å². The maximum absolute atomic E-state index is 13.5. The molecule has 0 radical (unpaired) electrons. The molecule has 2 aromatic carbocycles. The highest BCUT2D eigenvalue weighted by atomic mass is 35.5. The molecule has 0 heterocycles. The van der Waals surface area contributed by atoms with E-state index in [1.54, 1.807) is 0 Å². The van der Waals surface area contributed by atoms with Gasteiger partial charge in [0.1, 0.15) is 5.82 Å². The molecule has 2 rings (SSSR count). The molecule has 110 valence electrons. The Hall–Kier alpha value is -1.59. The van der Waals surface area contributed by atoms with Crippen molar-refractivity contribution in [2.75, 3.05) is 0 Å². The first-order chi connectivity index (χ1) is 9.70. The van der Waals surface area contributed by atoms with E-state index in [2.05, 4.69) is 0 Å². The van der Waals surface area contributed by atoms with E-state index in [4.69, 9.17) is 23.2 Å². The minimum atomic E-state index is -4.82. The van der Waals surface area contributed by atoms with Crippen molar-refractivity contribution in [1.29, 1.82) is 0 Å². The third-order valence-electron chi connectivity index (χ3n) is 2.71. The molecular weight excluding hydrogens is 331 g/mol. The highest BCUT2D eigenvalue weighted by Crippen LogP contribution is 2.32. The summed E-state index contributed by atoms with van der Waals surface area (Å²) in [7, 11) is 0. The van der Waals surface area contributed by atoms with Crippen molar-refractivity contribution in [2.45, 2.75) is 6.18 Å². The number of hydrogen-bond donors (Lipinski definition) is 0. The highest BCUT2D eigenvalue weighted by Gasteiger charge is 2.34. The summed E-state index contributed by atoms with van der Waals surface area (Å²) in [6.45, 7) is 0. The van der Waals surface area contributed by atoms with Crippen LogP contribution >= 0.6 is 23.2 Å². The summed E-state index contributed by atoms with van der Waals surface area (Å²) in [6, 6.07) is 6.03. The number of halogens is 6. The molecule has 7 heteroatoms. The fourth-order valence-electron chi connectivity index (χ4n) is 1.71. The van der Waals surface area contributed by atoms with Crippen LogP contribution in [0.3, 0.4) is 0 Å². The van der Waals surface area contributed by atoms with Crippen LogP contribution in [0.5, 0.6) is 0 Å². The highest BCUT2D eigenvalue weighted by molar-refractivity contribution is 6.36. The lowest BCUT2D eigenvalue weighted by molar-refractivity contribution is -0.140. The van der Waals surface area contributed by atoms with Gasteiger partial charge in [-0.05, 0) is 30.3 Å². The number of carbonyl (C=O) groups is 1. The number of carbonyl (C=O) groups excluding carboxylic acids is 1. The van der Waals surface area contributed by atoms with Crippen molar-refractivity contribution in [3.05, 3.63) is 69.0 Å². The van der Waals surface area contributed by atoms with Crippen molar-refractivity contribution < 1.29 is 22.4 Å². The van der Waals surface area contributed by atoms with Gasteiger partial charge in [-0.15, -0.1) is 0 Å². The third kappa shape index (κ3) is 3.36. The zero-order valence-corrected chi connectivity index (χ0v) is 11.7. The van der Waals surface area contributed by atoms with Gasteiger partial charge in [-0.1, -0.05) is 29.3 Å². The quantitative estimate of drug-likeness (QED) is 0.531. The molecule has 2 aromatic rings. The van der Waals surface area contributed by atoms with Crippen LogP contribution in [0.1, 0.15) is 21.5 Å². The summed E-state index contributed by atoms with van der Waals surface area (Å²) < 4.78 is 50.8. The lowest BCUT2D eigenvalue weighted by Crippen LogP contribution is -2.10. The molecule has 0 atom stereocenters. The Morgan fingerprint density at radius 1 is 1.00 bits per heavy atom. The van der Waals surface area contributed by atoms with Gasteiger partial charge in [0.05, 0.1) is 10.6 Å². The second kappa shape index (κ2) is 5.66. The Morgan fingerprint density at radius 2 is 1.67 bits per heavy atom. The Balaban J connectivity index is 2.45. The van der Waals surface area contributed by atoms with E-state index in [0.29, 0.717) is 12.1 Å². The molecular formula is C14H6Cl2F4O. The number of hydrogen-bond acceptors (Lipinski definition) is 1. The van der Waals surface area contributed by atoms with E-state index in [-0.39, 0.29) is 21.2 Å². The Kier molecular flexibility index (Phi) is 4.25. The summed E-state index contributed by atoms with van der Waals surface area (Å²) in [4.78, 5) is 12.1. The number of benzene rings is 2. The van der Waals surface area contributed by atoms with Gasteiger partial charge in [-0.25, -0.2) is 4.39 Å². The zero-order chi connectivity index (χ0) is 15.8. The Morgan fingerprint density at radius 3 is 2.24 bits per heavy atom. The van der Waals surface area contributed by atoms with Crippen LogP contribution in [0.2, 0.25) is 10.0 Å². The van der Waals surface area contributed by atoms with E-state index in [9.17, 15) is 22.4 Å². The molecule has 1 nitrogen and oxygen atoms in total. The Labute approximate surface area is 127 Å². The molecule has 0 bridgehead atoms. The van der Waals surface area contributed by atoms with Crippen LogP contribution in [0.25, 0.3) is 0 Å². The first-order valence-electron chi connectivity index (χ1n) is 5.56. The number of rotatable bonds is 2. The van der Waals surface area contributed by atoms with Gasteiger partial charge in [0, 0.05) is 16.1 Å². The molecule has 0 saturated heterocycles. The monoisotopic (exact) mass is 336 g/mol. The van der Waals surface area contributed by atoms with Gasteiger partial charge < -0.3 is 0 Å². The van der Waals surface area contributed by atoms with Gasteiger partial charge in [0.15, 0.2) is 5.78 Å². The lowest BCUT2D eigenvalue weighted by atomic mass is 10.0. The predicted molar refractivity (Wildman–Crippen MR) is 71.3 cm³/mol. The zero-order valence-electron chi connectivity index (χ0n) is 10.1. The molecule has 0 amide bonds. The standard InChI is InChI=1S/C14H6Cl2F4O/c15-8-2-4-11(16)9(6-8)13(21)7-1-3-10(12(17)5-7)14(18,19)20/h1-6H. The van der Waals surface area contributed by atoms with Gasteiger partial charge in [0.2, 0.25) is 0 Å². The molecule has 0 aliphatic carbocycles. The second-order valence-corrected chi connectivity index (χ2v) is 4.99. The minimum absolute atomic E-state index is 0.0108. The van der Waals surface area contributed by atoms with E-state index >= 15 is 0 Å². The van der Waals surface area contributed by atoms with Crippen LogP contribution in [-0.2, 0) is 6.18 Å². The fraction of sp³-hybridized carbons (Fsp3) is 0.0714. The summed E-state index contributed by atoms with van der Waals surface area (Å²) >= 11 is 11.6. The minimum Gasteiger partial charge on any atom is -0.289 e. The van der Waals surface area contributed by atoms with Crippen molar-refractivity contribution in [2.24, 2.45) is 0 Å². The molecule has 21 heavy (non-hydrogen) atoms. The number of ketones is 1. The van der Waals surface area contributed by atoms with E-state index in [1.807, 2.05) is 0 Å². The van der Waals surface area contributed by atoms with Gasteiger partial charge in [-0.2, -0.15) is 13.2 Å². The van der Waals surface area contributed by atoms with Crippen molar-refractivity contribution >= 4 is 29.0 Å². The number of alkyl halides is 3. The van der Waals surface area contributed by atoms with Gasteiger partial charge in [0.25, 0.3) is 0 Å². The van der Waals surface area contributed by atoms with Crippen LogP contribution in [0, 0.1) is 5.82 Å². The van der Waals surface area contributed by atoms with Crippen LogP contribution < -0.4 is 0 Å². The van der Waals surface area contributed by atoms with E-state index < -0.39 is 23.3 Å². The summed E-state index contributed by atoms with van der Waals surface area (Å²) in [5.41, 5.74) is -1.69. The molecule has 0 fully saturated rings. The van der Waals surface area contributed by atoms with Crippen LogP contribution in [0.15, 0.2) is 36.4 Å². The van der Waals surface area contributed by atoms with Crippen molar-refractivity contribution in [1.82, 2.24) is 0 Å². The van der Waals surface area contributed by atoms with Crippen LogP contribution in [-0.4, -0.2) is 5.78 Å². The SMILES string of the molecule is O=C(c1ccc(C(F)(F)F)c(F)c1)c1cc(Cl)ccc1Cl. The summed E-state index contributed by atoms with van der Waals surface area (Å²) in [5.74, 6) is -2.23.